The Balaban J connectivity index is 2.50. The lowest BCUT2D eigenvalue weighted by atomic mass is 9.77. The second-order valence-electron chi connectivity index (χ2n) is 2.61. The molecule has 0 unspecified atom stereocenters. The van der Waals surface area contributed by atoms with Crippen molar-refractivity contribution < 1.29 is 4.63 Å². The Kier molecular flexibility index (Phi) is 0.743. The van der Waals surface area contributed by atoms with Gasteiger partial charge in [-0.15, -0.1) is 0 Å². The summed E-state index contributed by atoms with van der Waals surface area (Å²) in [5.74, 6) is 1.09. The normalized spacial score (nSPS) is 31.3. The lowest BCUT2D eigenvalue weighted by Crippen LogP contribution is -2.18. The molecule has 0 saturated heterocycles. The molecule has 1 aromatic rings. The molecule has 0 spiro atoms. The second-order valence-corrected chi connectivity index (χ2v) is 2.61. The fourth-order valence-electron chi connectivity index (χ4n) is 1.21. The summed E-state index contributed by atoms with van der Waals surface area (Å²) in [4.78, 5) is 0. The molecule has 0 radical (unpaired) electrons. The molecular formula is C6H8N2O. The minimum absolute atomic E-state index is 0.547. The van der Waals surface area contributed by atoms with Gasteiger partial charge < -0.3 is 0 Å². The molecule has 1 heterocycles. The highest BCUT2D eigenvalue weighted by molar-refractivity contribution is 5.30. The van der Waals surface area contributed by atoms with Crippen LogP contribution in [-0.2, 0) is 0 Å². The standard InChI is InChI=1S/C6H8N2O/c1-3-4(2)6-5(3)7-9-8-6/h3-4H,1-2H3/t3-,4+. The van der Waals surface area contributed by atoms with E-state index in [1.54, 1.807) is 0 Å². The number of rotatable bonds is 0. The number of hydrogen-bond acceptors (Lipinski definition) is 3. The van der Waals surface area contributed by atoms with E-state index in [0.717, 1.165) is 11.4 Å². The molecule has 48 valence electrons. The van der Waals surface area contributed by atoms with Gasteiger partial charge in [0, 0.05) is 11.8 Å². The molecule has 3 nitrogen and oxygen atoms in total. The number of nitrogens with zero attached hydrogens (tertiary/aromatic N) is 2. The minimum atomic E-state index is 0.547. The molecule has 2 rings (SSSR count). The van der Waals surface area contributed by atoms with Gasteiger partial charge in [0.05, 0.1) is 0 Å². The van der Waals surface area contributed by atoms with Gasteiger partial charge in [-0.1, -0.05) is 24.2 Å². The van der Waals surface area contributed by atoms with Gasteiger partial charge >= 0.3 is 0 Å². The largest absolute Gasteiger partial charge is 0.244 e. The highest BCUT2D eigenvalue weighted by Gasteiger charge is 2.36. The van der Waals surface area contributed by atoms with Gasteiger partial charge in [-0.2, -0.15) is 0 Å². The van der Waals surface area contributed by atoms with Gasteiger partial charge in [0.1, 0.15) is 11.4 Å². The van der Waals surface area contributed by atoms with E-state index in [4.69, 9.17) is 0 Å². The van der Waals surface area contributed by atoms with Crippen LogP contribution in [0.1, 0.15) is 37.1 Å². The third kappa shape index (κ3) is 0.422. The monoisotopic (exact) mass is 124 g/mol. The molecule has 0 aliphatic heterocycles. The quantitative estimate of drug-likeness (QED) is 0.523. The summed E-state index contributed by atoms with van der Waals surface area (Å²) in [5, 5.41) is 7.50. The maximum atomic E-state index is 4.55. The highest BCUT2D eigenvalue weighted by atomic mass is 16.6. The summed E-state index contributed by atoms with van der Waals surface area (Å²) in [6, 6.07) is 0. The van der Waals surface area contributed by atoms with Crippen LogP contribution < -0.4 is 0 Å². The Morgan fingerprint density at radius 2 is 1.56 bits per heavy atom. The fourth-order valence-corrected chi connectivity index (χ4v) is 1.21. The number of fused-ring (bicyclic) bond motifs is 1. The molecule has 2 atom stereocenters. The van der Waals surface area contributed by atoms with Gasteiger partial charge in [0.2, 0.25) is 0 Å². The van der Waals surface area contributed by atoms with E-state index in [-0.39, 0.29) is 0 Å². The number of aromatic nitrogens is 2. The Hall–Kier alpha value is -0.860. The molecule has 3 heteroatoms. The van der Waals surface area contributed by atoms with E-state index in [1.165, 1.54) is 0 Å². The molecular weight excluding hydrogens is 116 g/mol. The zero-order chi connectivity index (χ0) is 6.43. The topological polar surface area (TPSA) is 38.9 Å². The van der Waals surface area contributed by atoms with Crippen LogP contribution in [0.25, 0.3) is 0 Å². The van der Waals surface area contributed by atoms with E-state index in [1.807, 2.05) is 0 Å². The smallest absolute Gasteiger partial charge is 0.112 e. The van der Waals surface area contributed by atoms with Crippen molar-refractivity contribution in [3.63, 3.8) is 0 Å². The van der Waals surface area contributed by atoms with Gasteiger partial charge in [-0.3, -0.25) is 0 Å². The van der Waals surface area contributed by atoms with Gasteiger partial charge in [-0.25, -0.2) is 4.63 Å². The second kappa shape index (κ2) is 1.35. The van der Waals surface area contributed by atoms with Crippen molar-refractivity contribution in [2.45, 2.75) is 25.7 Å². The van der Waals surface area contributed by atoms with Crippen LogP contribution in [0.2, 0.25) is 0 Å². The van der Waals surface area contributed by atoms with Gasteiger partial charge in [0.25, 0.3) is 0 Å². The third-order valence-electron chi connectivity index (χ3n) is 2.15. The average molecular weight is 124 g/mol. The van der Waals surface area contributed by atoms with E-state index < -0.39 is 0 Å². The molecule has 9 heavy (non-hydrogen) atoms. The molecule has 0 aromatic carbocycles. The number of hydrogen-bond donors (Lipinski definition) is 0. The molecule has 1 aliphatic rings. The first-order valence-electron chi connectivity index (χ1n) is 3.13. The lowest BCUT2D eigenvalue weighted by molar-refractivity contribution is 0.304. The van der Waals surface area contributed by atoms with E-state index in [9.17, 15) is 0 Å². The predicted octanol–water partition coefficient (Wildman–Crippen LogP) is 1.29. The minimum Gasteiger partial charge on any atom is -0.244 e. The Morgan fingerprint density at radius 3 is 2.00 bits per heavy atom. The molecule has 0 N–H and O–H groups in total. The van der Waals surface area contributed by atoms with Gasteiger partial charge in [0.15, 0.2) is 0 Å². The van der Waals surface area contributed by atoms with Crippen LogP contribution in [0.5, 0.6) is 0 Å². The van der Waals surface area contributed by atoms with Crippen LogP contribution in [0.3, 0.4) is 0 Å². The molecule has 0 bridgehead atoms. The maximum absolute atomic E-state index is 4.55. The Bertz CT molecular complexity index is 208. The summed E-state index contributed by atoms with van der Waals surface area (Å²) >= 11 is 0. The fraction of sp³-hybridized carbons (Fsp3) is 0.667. The first-order valence-corrected chi connectivity index (χ1v) is 3.13. The third-order valence-corrected chi connectivity index (χ3v) is 2.15. The highest BCUT2D eigenvalue weighted by Crippen LogP contribution is 2.42. The van der Waals surface area contributed by atoms with Crippen molar-refractivity contribution in [2.24, 2.45) is 0 Å². The summed E-state index contributed by atoms with van der Waals surface area (Å²) in [5.41, 5.74) is 2.09. The first kappa shape index (κ1) is 4.97. The lowest BCUT2D eigenvalue weighted by Gasteiger charge is -2.25. The van der Waals surface area contributed by atoms with Crippen LogP contribution in [0, 0.1) is 0 Å². The van der Waals surface area contributed by atoms with Gasteiger partial charge in [-0.05, 0) is 0 Å². The molecule has 0 amide bonds. The average Bonchev–Trinajstić information content (AvgIpc) is 2.30. The predicted molar refractivity (Wildman–Crippen MR) is 31.1 cm³/mol. The summed E-state index contributed by atoms with van der Waals surface area (Å²) in [6.45, 7) is 4.27. The van der Waals surface area contributed by atoms with Crippen LogP contribution in [0.4, 0.5) is 0 Å². The van der Waals surface area contributed by atoms with E-state index >= 15 is 0 Å². The van der Waals surface area contributed by atoms with Crippen molar-refractivity contribution in [2.75, 3.05) is 0 Å². The van der Waals surface area contributed by atoms with E-state index in [0.29, 0.717) is 11.8 Å². The van der Waals surface area contributed by atoms with E-state index in [2.05, 4.69) is 28.8 Å². The van der Waals surface area contributed by atoms with Crippen molar-refractivity contribution in [1.29, 1.82) is 0 Å². The van der Waals surface area contributed by atoms with Crippen LogP contribution in [0.15, 0.2) is 4.63 Å². The molecule has 1 aliphatic carbocycles. The van der Waals surface area contributed by atoms with Crippen molar-refractivity contribution in [3.05, 3.63) is 11.4 Å². The molecule has 0 fully saturated rings. The summed E-state index contributed by atoms with van der Waals surface area (Å²) < 4.78 is 4.55. The Labute approximate surface area is 53.0 Å². The zero-order valence-electron chi connectivity index (χ0n) is 5.46. The Morgan fingerprint density at radius 1 is 1.11 bits per heavy atom. The van der Waals surface area contributed by atoms with Crippen LogP contribution >= 0.6 is 0 Å². The SMILES string of the molecule is C[C@@H]1c2nonc2[C@@H]1C. The maximum Gasteiger partial charge on any atom is 0.112 e. The van der Waals surface area contributed by atoms with Crippen LogP contribution in [-0.4, -0.2) is 10.3 Å². The van der Waals surface area contributed by atoms with Crippen molar-refractivity contribution in [3.8, 4) is 0 Å². The summed E-state index contributed by atoms with van der Waals surface area (Å²) in [6.07, 6.45) is 0. The molecule has 1 aromatic heterocycles. The molecule has 0 saturated carbocycles. The summed E-state index contributed by atoms with van der Waals surface area (Å²) in [7, 11) is 0. The zero-order valence-corrected chi connectivity index (χ0v) is 5.46. The first-order chi connectivity index (χ1) is 4.30. The van der Waals surface area contributed by atoms with Crippen molar-refractivity contribution >= 4 is 0 Å². The van der Waals surface area contributed by atoms with Crippen molar-refractivity contribution in [1.82, 2.24) is 10.3 Å².